The first-order valence-electron chi connectivity index (χ1n) is 8.76. The molecule has 0 bridgehead atoms. The monoisotopic (exact) mass is 371 g/mol. The Hall–Kier alpha value is -2.14. The van der Waals surface area contributed by atoms with Crippen molar-refractivity contribution >= 4 is 17.7 Å². The Morgan fingerprint density at radius 3 is 2.77 bits per heavy atom. The van der Waals surface area contributed by atoms with Crippen LogP contribution in [0.2, 0.25) is 0 Å². The molecule has 1 aliphatic heterocycles. The molecule has 0 saturated heterocycles. The number of carbonyl (C=O) groups excluding carboxylic acids is 1. The SMILES string of the molecule is COc1ccc2c(c1)[C@@H](SCC(=O)NCc1ccccc1)CC(C)(C)O2. The summed E-state index contributed by atoms with van der Waals surface area (Å²) in [4.78, 5) is 12.3. The maximum absolute atomic E-state index is 12.3. The lowest BCUT2D eigenvalue weighted by atomic mass is 9.93. The minimum Gasteiger partial charge on any atom is -0.497 e. The van der Waals surface area contributed by atoms with E-state index in [-0.39, 0.29) is 16.8 Å². The second-order valence-electron chi connectivity index (χ2n) is 7.03. The molecular formula is C21H25NO3S. The Kier molecular flexibility index (Phi) is 5.77. The van der Waals surface area contributed by atoms with Crippen molar-refractivity contribution in [1.29, 1.82) is 0 Å². The molecule has 26 heavy (non-hydrogen) atoms. The van der Waals surface area contributed by atoms with Gasteiger partial charge in [-0.1, -0.05) is 30.3 Å². The number of hydrogen-bond donors (Lipinski definition) is 1. The van der Waals surface area contributed by atoms with Crippen LogP contribution in [0.25, 0.3) is 0 Å². The van der Waals surface area contributed by atoms with Crippen LogP contribution in [-0.2, 0) is 11.3 Å². The van der Waals surface area contributed by atoms with E-state index in [9.17, 15) is 4.79 Å². The maximum Gasteiger partial charge on any atom is 0.230 e. The fourth-order valence-corrected chi connectivity index (χ4v) is 4.40. The Labute approximate surface area is 159 Å². The number of ether oxygens (including phenoxy) is 2. The highest BCUT2D eigenvalue weighted by Crippen LogP contribution is 2.47. The summed E-state index contributed by atoms with van der Waals surface area (Å²) < 4.78 is 11.4. The van der Waals surface area contributed by atoms with Gasteiger partial charge in [-0.25, -0.2) is 0 Å². The van der Waals surface area contributed by atoms with E-state index in [1.165, 1.54) is 0 Å². The predicted octanol–water partition coefficient (Wildman–Crippen LogP) is 4.35. The zero-order chi connectivity index (χ0) is 18.6. The van der Waals surface area contributed by atoms with Crippen LogP contribution < -0.4 is 14.8 Å². The summed E-state index contributed by atoms with van der Waals surface area (Å²) in [5, 5.41) is 3.19. The Balaban J connectivity index is 1.62. The van der Waals surface area contributed by atoms with Crippen molar-refractivity contribution < 1.29 is 14.3 Å². The van der Waals surface area contributed by atoms with Gasteiger partial charge in [0.05, 0.1) is 12.9 Å². The topological polar surface area (TPSA) is 47.6 Å². The van der Waals surface area contributed by atoms with Crippen molar-refractivity contribution in [1.82, 2.24) is 5.32 Å². The molecule has 0 spiro atoms. The van der Waals surface area contributed by atoms with E-state index in [1.807, 2.05) is 48.5 Å². The molecule has 1 amide bonds. The molecule has 0 saturated carbocycles. The third-order valence-electron chi connectivity index (χ3n) is 4.38. The number of amides is 1. The van der Waals surface area contributed by atoms with Crippen molar-refractivity contribution in [2.45, 2.75) is 37.7 Å². The van der Waals surface area contributed by atoms with E-state index < -0.39 is 0 Å². The van der Waals surface area contributed by atoms with Gasteiger partial charge in [-0.15, -0.1) is 11.8 Å². The fourth-order valence-electron chi connectivity index (χ4n) is 3.07. The van der Waals surface area contributed by atoms with Gasteiger partial charge in [0, 0.05) is 23.8 Å². The quantitative estimate of drug-likeness (QED) is 0.820. The summed E-state index contributed by atoms with van der Waals surface area (Å²) >= 11 is 1.66. The van der Waals surface area contributed by atoms with Crippen LogP contribution in [0.5, 0.6) is 11.5 Å². The largest absolute Gasteiger partial charge is 0.497 e. The average Bonchev–Trinajstić information content (AvgIpc) is 2.64. The van der Waals surface area contributed by atoms with Crippen LogP contribution in [0, 0.1) is 0 Å². The highest BCUT2D eigenvalue weighted by Gasteiger charge is 2.34. The van der Waals surface area contributed by atoms with Crippen LogP contribution >= 0.6 is 11.8 Å². The molecule has 0 aliphatic carbocycles. The average molecular weight is 372 g/mol. The smallest absolute Gasteiger partial charge is 0.230 e. The summed E-state index contributed by atoms with van der Waals surface area (Å²) in [5.41, 5.74) is 1.96. The Bertz CT molecular complexity index is 761. The van der Waals surface area contributed by atoms with Crippen molar-refractivity contribution in [3.63, 3.8) is 0 Å². The second kappa shape index (κ2) is 8.04. The number of benzene rings is 2. The first-order valence-corrected chi connectivity index (χ1v) is 9.81. The molecule has 1 N–H and O–H groups in total. The summed E-state index contributed by atoms with van der Waals surface area (Å²) in [5.74, 6) is 2.16. The highest BCUT2D eigenvalue weighted by molar-refractivity contribution is 8.00. The van der Waals surface area contributed by atoms with Crippen LogP contribution in [0.15, 0.2) is 48.5 Å². The zero-order valence-electron chi connectivity index (χ0n) is 15.5. The Morgan fingerprint density at radius 2 is 2.04 bits per heavy atom. The number of methoxy groups -OCH3 is 1. The molecule has 4 nitrogen and oxygen atoms in total. The minimum atomic E-state index is -0.250. The van der Waals surface area contributed by atoms with Crippen LogP contribution in [0.3, 0.4) is 0 Å². The second-order valence-corrected chi connectivity index (χ2v) is 8.22. The maximum atomic E-state index is 12.3. The van der Waals surface area contributed by atoms with Crippen molar-refractivity contribution in [2.75, 3.05) is 12.9 Å². The molecule has 2 aromatic rings. The molecular weight excluding hydrogens is 346 g/mol. The highest BCUT2D eigenvalue weighted by atomic mass is 32.2. The van der Waals surface area contributed by atoms with Gasteiger partial charge in [0.1, 0.15) is 17.1 Å². The summed E-state index contributed by atoms with van der Waals surface area (Å²) in [6, 6.07) is 15.8. The number of fused-ring (bicyclic) bond motifs is 1. The van der Waals surface area contributed by atoms with E-state index in [2.05, 4.69) is 19.2 Å². The predicted molar refractivity (Wildman–Crippen MR) is 106 cm³/mol. The normalized spacial score (nSPS) is 17.7. The van der Waals surface area contributed by atoms with E-state index in [0.717, 1.165) is 29.0 Å². The number of carbonyl (C=O) groups is 1. The molecule has 0 unspecified atom stereocenters. The van der Waals surface area contributed by atoms with Gasteiger partial charge >= 0.3 is 0 Å². The molecule has 2 aromatic carbocycles. The van der Waals surface area contributed by atoms with Gasteiger partial charge in [-0.2, -0.15) is 0 Å². The molecule has 138 valence electrons. The minimum absolute atomic E-state index is 0.0487. The van der Waals surface area contributed by atoms with Crippen LogP contribution in [0.4, 0.5) is 0 Å². The number of nitrogens with one attached hydrogen (secondary N) is 1. The van der Waals surface area contributed by atoms with Crippen LogP contribution in [0.1, 0.15) is 36.6 Å². The van der Waals surface area contributed by atoms with E-state index in [4.69, 9.17) is 9.47 Å². The van der Waals surface area contributed by atoms with Crippen molar-refractivity contribution in [3.8, 4) is 11.5 Å². The molecule has 0 aromatic heterocycles. The first kappa shape index (κ1) is 18.6. The van der Waals surface area contributed by atoms with Gasteiger partial charge in [0.2, 0.25) is 5.91 Å². The lowest BCUT2D eigenvalue weighted by Gasteiger charge is -2.37. The van der Waals surface area contributed by atoms with Gasteiger partial charge in [-0.3, -0.25) is 4.79 Å². The van der Waals surface area contributed by atoms with Crippen molar-refractivity contribution in [2.24, 2.45) is 0 Å². The number of hydrogen-bond acceptors (Lipinski definition) is 4. The first-order chi connectivity index (χ1) is 12.5. The van der Waals surface area contributed by atoms with Crippen molar-refractivity contribution in [3.05, 3.63) is 59.7 Å². The molecule has 1 atom stereocenters. The van der Waals surface area contributed by atoms with Gasteiger partial charge in [0.15, 0.2) is 0 Å². The fraction of sp³-hybridized carbons (Fsp3) is 0.381. The molecule has 1 heterocycles. The van der Waals surface area contributed by atoms with E-state index in [1.54, 1.807) is 18.9 Å². The zero-order valence-corrected chi connectivity index (χ0v) is 16.3. The van der Waals surface area contributed by atoms with Gasteiger partial charge < -0.3 is 14.8 Å². The third kappa shape index (κ3) is 4.73. The van der Waals surface area contributed by atoms with E-state index in [0.29, 0.717) is 12.3 Å². The number of rotatable bonds is 6. The molecule has 1 aliphatic rings. The number of thioether (sulfide) groups is 1. The standard InChI is InChI=1S/C21H25NO3S/c1-21(2)12-19(17-11-16(24-3)9-10-18(17)25-21)26-14-20(23)22-13-15-7-5-4-6-8-15/h4-11,19H,12-14H2,1-3H3,(H,22,23)/t19-/m0/s1. The molecule has 5 heteroatoms. The summed E-state index contributed by atoms with van der Waals surface area (Å²) in [6.07, 6.45) is 0.851. The summed E-state index contributed by atoms with van der Waals surface area (Å²) in [6.45, 7) is 4.73. The lowest BCUT2D eigenvalue weighted by molar-refractivity contribution is -0.118. The van der Waals surface area contributed by atoms with Gasteiger partial charge in [-0.05, 0) is 37.6 Å². The Morgan fingerprint density at radius 1 is 1.27 bits per heavy atom. The summed E-state index contributed by atoms with van der Waals surface area (Å²) in [7, 11) is 1.66. The van der Waals surface area contributed by atoms with Gasteiger partial charge in [0.25, 0.3) is 0 Å². The third-order valence-corrected chi connectivity index (χ3v) is 5.63. The van der Waals surface area contributed by atoms with E-state index >= 15 is 0 Å². The lowest BCUT2D eigenvalue weighted by Crippen LogP contribution is -2.34. The molecule has 3 rings (SSSR count). The van der Waals surface area contributed by atoms with Crippen LogP contribution in [-0.4, -0.2) is 24.4 Å². The molecule has 0 fully saturated rings. The molecule has 0 radical (unpaired) electrons.